The Morgan fingerprint density at radius 3 is 2.67 bits per heavy atom. The summed E-state index contributed by atoms with van der Waals surface area (Å²) in [6.45, 7) is 2.22. The van der Waals surface area contributed by atoms with Crippen LogP contribution >= 0.6 is 0 Å². The van der Waals surface area contributed by atoms with E-state index in [0.29, 0.717) is 0 Å². The number of ether oxygens (including phenoxy) is 1. The van der Waals surface area contributed by atoms with E-state index >= 15 is 0 Å². The average Bonchev–Trinajstić information content (AvgIpc) is 2.29. The minimum atomic E-state index is -0.963. The molecule has 0 spiro atoms. The van der Waals surface area contributed by atoms with Crippen molar-refractivity contribution in [1.29, 1.82) is 0 Å². The molecule has 1 amide bonds. The van der Waals surface area contributed by atoms with Gasteiger partial charge in [0, 0.05) is 0 Å². The van der Waals surface area contributed by atoms with E-state index in [4.69, 9.17) is 4.74 Å². The van der Waals surface area contributed by atoms with Crippen LogP contribution in [-0.4, -0.2) is 12.7 Å². The van der Waals surface area contributed by atoms with Gasteiger partial charge in [-0.3, -0.25) is 0 Å². The Bertz CT molecular complexity index is 303. The predicted octanol–water partition coefficient (Wildman–Crippen LogP) is 3.31. The first-order chi connectivity index (χ1) is 7.25. The molecule has 0 saturated heterocycles. The third-order valence-electron chi connectivity index (χ3n) is 1.87. The van der Waals surface area contributed by atoms with Crippen LogP contribution in [0.5, 0.6) is 0 Å². The minimum Gasteiger partial charge on any atom is -0.447 e. The van der Waals surface area contributed by atoms with Crippen LogP contribution in [0.25, 0.3) is 0 Å². The lowest BCUT2D eigenvalue weighted by molar-refractivity contribution is 0.138. The van der Waals surface area contributed by atoms with Gasteiger partial charge < -0.3 is 4.74 Å². The third-order valence-corrected chi connectivity index (χ3v) is 1.87. The van der Waals surface area contributed by atoms with Crippen molar-refractivity contribution in [2.75, 3.05) is 11.7 Å². The molecule has 0 aliphatic rings. The molecule has 0 atom stereocenters. The van der Waals surface area contributed by atoms with Crippen molar-refractivity contribution in [2.45, 2.75) is 19.8 Å². The van der Waals surface area contributed by atoms with Crippen molar-refractivity contribution >= 4 is 11.8 Å². The number of carbonyl (C=O) groups is 1. The molecule has 0 bridgehead atoms. The zero-order valence-corrected chi connectivity index (χ0v) is 8.65. The summed E-state index contributed by atoms with van der Waals surface area (Å²) in [5.41, 5.74) is 0.180. The SMILES string of the molecule is CCCCOC(=O)N(F)c1ccccc1. The molecule has 0 unspecified atom stereocenters. The molecule has 1 rings (SSSR count). The fourth-order valence-electron chi connectivity index (χ4n) is 1.02. The average molecular weight is 211 g/mol. The van der Waals surface area contributed by atoms with Crippen molar-refractivity contribution in [2.24, 2.45) is 0 Å². The van der Waals surface area contributed by atoms with Crippen molar-refractivity contribution < 1.29 is 14.0 Å². The quantitative estimate of drug-likeness (QED) is 0.564. The molecule has 4 heteroatoms. The Morgan fingerprint density at radius 1 is 1.40 bits per heavy atom. The van der Waals surface area contributed by atoms with Crippen LogP contribution in [0.4, 0.5) is 15.0 Å². The maximum atomic E-state index is 13.3. The zero-order chi connectivity index (χ0) is 11.1. The van der Waals surface area contributed by atoms with Gasteiger partial charge >= 0.3 is 6.09 Å². The van der Waals surface area contributed by atoms with E-state index in [1.807, 2.05) is 6.92 Å². The van der Waals surface area contributed by atoms with Crippen LogP contribution in [0, 0.1) is 0 Å². The molecular weight excluding hydrogens is 197 g/mol. The highest BCUT2D eigenvalue weighted by atomic mass is 19.2. The Labute approximate surface area is 88.4 Å². The number of carbonyl (C=O) groups excluding carboxylic acids is 1. The van der Waals surface area contributed by atoms with Crippen LogP contribution in [0.2, 0.25) is 0 Å². The number of hydrogen-bond acceptors (Lipinski definition) is 2. The smallest absolute Gasteiger partial charge is 0.443 e. The van der Waals surface area contributed by atoms with E-state index in [2.05, 4.69) is 0 Å². The normalized spacial score (nSPS) is 9.73. The van der Waals surface area contributed by atoms with Gasteiger partial charge in [0.1, 0.15) is 0 Å². The molecule has 0 aliphatic heterocycles. The second-order valence-electron chi connectivity index (χ2n) is 3.08. The molecule has 0 aliphatic carbocycles. The van der Waals surface area contributed by atoms with Gasteiger partial charge in [-0.05, 0) is 18.6 Å². The first-order valence-electron chi connectivity index (χ1n) is 4.93. The zero-order valence-electron chi connectivity index (χ0n) is 8.65. The first-order valence-corrected chi connectivity index (χ1v) is 4.93. The Balaban J connectivity index is 2.46. The number of hydrogen-bond donors (Lipinski definition) is 0. The van der Waals surface area contributed by atoms with E-state index < -0.39 is 6.09 Å². The van der Waals surface area contributed by atoms with Gasteiger partial charge in [-0.1, -0.05) is 36.0 Å². The van der Waals surface area contributed by atoms with Crippen LogP contribution < -0.4 is 5.12 Å². The number of rotatable bonds is 4. The number of benzene rings is 1. The van der Waals surface area contributed by atoms with E-state index in [9.17, 15) is 9.28 Å². The Hall–Kier alpha value is -1.58. The van der Waals surface area contributed by atoms with E-state index in [0.717, 1.165) is 12.8 Å². The molecule has 3 nitrogen and oxygen atoms in total. The maximum Gasteiger partial charge on any atom is 0.443 e. The minimum absolute atomic E-state index is 0.00958. The van der Waals surface area contributed by atoms with Crippen LogP contribution in [0.1, 0.15) is 19.8 Å². The van der Waals surface area contributed by atoms with Gasteiger partial charge in [0.2, 0.25) is 0 Å². The lowest BCUT2D eigenvalue weighted by Gasteiger charge is -2.11. The topological polar surface area (TPSA) is 29.5 Å². The monoisotopic (exact) mass is 211 g/mol. The molecule has 82 valence electrons. The van der Waals surface area contributed by atoms with Gasteiger partial charge in [-0.2, -0.15) is 0 Å². The summed E-state index contributed by atoms with van der Waals surface area (Å²) < 4.78 is 18.0. The van der Waals surface area contributed by atoms with Crippen molar-refractivity contribution in [1.82, 2.24) is 0 Å². The molecule has 15 heavy (non-hydrogen) atoms. The number of anilines is 1. The summed E-state index contributed by atoms with van der Waals surface area (Å²) in [4.78, 5) is 11.1. The summed E-state index contributed by atoms with van der Waals surface area (Å²) >= 11 is 0. The summed E-state index contributed by atoms with van der Waals surface area (Å²) in [5.74, 6) is 0. The maximum absolute atomic E-state index is 13.3. The number of amides is 1. The molecule has 1 aromatic rings. The summed E-state index contributed by atoms with van der Waals surface area (Å²) in [6, 6.07) is 8.06. The van der Waals surface area contributed by atoms with Crippen LogP contribution in [-0.2, 0) is 4.74 Å². The van der Waals surface area contributed by atoms with Gasteiger partial charge in [0.25, 0.3) is 0 Å². The second kappa shape index (κ2) is 6.01. The molecule has 0 aromatic heterocycles. The van der Waals surface area contributed by atoms with Crippen molar-refractivity contribution in [3.05, 3.63) is 30.3 Å². The Kier molecular flexibility index (Phi) is 4.60. The second-order valence-corrected chi connectivity index (χ2v) is 3.08. The number of halogens is 1. The van der Waals surface area contributed by atoms with E-state index in [-0.39, 0.29) is 17.4 Å². The van der Waals surface area contributed by atoms with Crippen LogP contribution in [0.15, 0.2) is 30.3 Å². The fourth-order valence-corrected chi connectivity index (χ4v) is 1.02. The van der Waals surface area contributed by atoms with E-state index in [1.54, 1.807) is 18.2 Å². The van der Waals surface area contributed by atoms with Gasteiger partial charge in [-0.15, -0.1) is 5.12 Å². The Morgan fingerprint density at radius 2 is 2.07 bits per heavy atom. The van der Waals surface area contributed by atoms with Crippen LogP contribution in [0.3, 0.4) is 0 Å². The highest BCUT2D eigenvalue weighted by molar-refractivity contribution is 5.84. The van der Waals surface area contributed by atoms with Gasteiger partial charge in [0.05, 0.1) is 12.3 Å². The van der Waals surface area contributed by atoms with Crippen molar-refractivity contribution in [3.63, 3.8) is 0 Å². The molecule has 0 N–H and O–H groups in total. The first kappa shape index (κ1) is 11.5. The summed E-state index contributed by atoms with van der Waals surface area (Å²) in [7, 11) is 0. The number of nitrogens with zero attached hydrogens (tertiary/aromatic N) is 1. The molecule has 1 aromatic carbocycles. The number of unbranched alkanes of at least 4 members (excludes halogenated alkanes) is 1. The van der Waals surface area contributed by atoms with Gasteiger partial charge in [-0.25, -0.2) is 4.79 Å². The summed E-state index contributed by atoms with van der Waals surface area (Å²) in [6.07, 6.45) is 0.689. The molecule has 0 radical (unpaired) electrons. The largest absolute Gasteiger partial charge is 0.447 e. The van der Waals surface area contributed by atoms with Crippen molar-refractivity contribution in [3.8, 4) is 0 Å². The fraction of sp³-hybridized carbons (Fsp3) is 0.364. The number of para-hydroxylation sites is 1. The highest BCUT2D eigenvalue weighted by Crippen LogP contribution is 2.14. The van der Waals surface area contributed by atoms with Gasteiger partial charge in [0.15, 0.2) is 0 Å². The lowest BCUT2D eigenvalue weighted by Crippen LogP contribution is -2.23. The molecule has 0 saturated carbocycles. The third kappa shape index (κ3) is 3.58. The highest BCUT2D eigenvalue weighted by Gasteiger charge is 2.15. The molecule has 0 heterocycles. The summed E-state index contributed by atoms with van der Waals surface area (Å²) in [5, 5.41) is 0.00958. The molecular formula is C11H14FNO2. The lowest BCUT2D eigenvalue weighted by atomic mass is 10.3. The molecule has 0 fully saturated rings. The van der Waals surface area contributed by atoms with E-state index in [1.165, 1.54) is 12.1 Å². The standard InChI is InChI=1S/C11H14FNO2/c1-2-3-9-15-11(14)13(12)10-7-5-4-6-8-10/h4-8H,2-3,9H2,1H3. The predicted molar refractivity (Wildman–Crippen MR) is 56.3 cm³/mol.